The SMILES string of the molecule is COC(=O)c1ccc(C)c(NC(=O)[C@H](C)N(c2ccc3c(c2)OCCO3)S(C)(=O)=O)c1. The number of ether oxygens (including phenoxy) is 3. The van der Waals surface area contributed by atoms with Gasteiger partial charge in [-0.15, -0.1) is 0 Å². The number of rotatable bonds is 6. The minimum atomic E-state index is -3.81. The largest absolute Gasteiger partial charge is 0.486 e. The van der Waals surface area contributed by atoms with Gasteiger partial charge in [0.2, 0.25) is 15.9 Å². The fourth-order valence-corrected chi connectivity index (χ4v) is 4.38. The first-order valence-electron chi connectivity index (χ1n) is 9.50. The van der Waals surface area contributed by atoms with Crippen molar-refractivity contribution in [2.75, 3.05) is 36.2 Å². The number of nitrogens with one attached hydrogen (secondary N) is 1. The Balaban J connectivity index is 1.90. The molecule has 1 heterocycles. The summed E-state index contributed by atoms with van der Waals surface area (Å²) in [5.41, 5.74) is 1.63. The van der Waals surface area contributed by atoms with Gasteiger partial charge in [-0.25, -0.2) is 13.2 Å². The summed E-state index contributed by atoms with van der Waals surface area (Å²) < 4.78 is 41.9. The van der Waals surface area contributed by atoms with Crippen LogP contribution in [0.3, 0.4) is 0 Å². The van der Waals surface area contributed by atoms with E-state index in [-0.39, 0.29) is 11.3 Å². The van der Waals surface area contributed by atoms with E-state index in [0.717, 1.165) is 10.6 Å². The van der Waals surface area contributed by atoms with E-state index in [2.05, 4.69) is 5.32 Å². The number of esters is 1. The van der Waals surface area contributed by atoms with E-state index in [1.165, 1.54) is 26.2 Å². The third-order valence-corrected chi connectivity index (χ3v) is 6.03. The van der Waals surface area contributed by atoms with Gasteiger partial charge in [-0.2, -0.15) is 0 Å². The number of anilines is 2. The molecule has 0 aromatic heterocycles. The van der Waals surface area contributed by atoms with Crippen LogP contribution in [-0.2, 0) is 19.6 Å². The Bertz CT molecular complexity index is 1110. The molecule has 1 N–H and O–H groups in total. The lowest BCUT2D eigenvalue weighted by Gasteiger charge is -2.29. The molecule has 3 rings (SSSR count). The molecule has 31 heavy (non-hydrogen) atoms. The third-order valence-electron chi connectivity index (χ3n) is 4.79. The fourth-order valence-electron chi connectivity index (χ4n) is 3.22. The van der Waals surface area contributed by atoms with Crippen LogP contribution in [-0.4, -0.2) is 52.9 Å². The molecule has 1 amide bonds. The van der Waals surface area contributed by atoms with Crippen LogP contribution in [0, 0.1) is 6.92 Å². The number of amides is 1. The lowest BCUT2D eigenvalue weighted by molar-refractivity contribution is -0.116. The number of hydrogen-bond donors (Lipinski definition) is 1. The van der Waals surface area contributed by atoms with Crippen molar-refractivity contribution in [3.05, 3.63) is 47.5 Å². The lowest BCUT2D eigenvalue weighted by Crippen LogP contribution is -2.45. The molecule has 0 aliphatic carbocycles. The van der Waals surface area contributed by atoms with Gasteiger partial charge < -0.3 is 19.5 Å². The first kappa shape index (κ1) is 22.4. The molecule has 0 saturated heterocycles. The Labute approximate surface area is 181 Å². The van der Waals surface area contributed by atoms with E-state index >= 15 is 0 Å². The van der Waals surface area contributed by atoms with Crippen LogP contribution in [0.2, 0.25) is 0 Å². The summed E-state index contributed by atoms with van der Waals surface area (Å²) in [4.78, 5) is 24.8. The Morgan fingerprint density at radius 1 is 1.10 bits per heavy atom. The summed E-state index contributed by atoms with van der Waals surface area (Å²) in [6.45, 7) is 4.00. The van der Waals surface area contributed by atoms with Crippen molar-refractivity contribution >= 4 is 33.3 Å². The van der Waals surface area contributed by atoms with Crippen molar-refractivity contribution < 1.29 is 32.2 Å². The van der Waals surface area contributed by atoms with Gasteiger partial charge in [-0.3, -0.25) is 9.10 Å². The number of sulfonamides is 1. The average molecular weight is 448 g/mol. The maximum Gasteiger partial charge on any atom is 0.337 e. The van der Waals surface area contributed by atoms with Gasteiger partial charge in [-0.1, -0.05) is 6.07 Å². The fraction of sp³-hybridized carbons (Fsp3) is 0.333. The zero-order chi connectivity index (χ0) is 22.8. The van der Waals surface area contributed by atoms with Crippen LogP contribution in [0.15, 0.2) is 36.4 Å². The van der Waals surface area contributed by atoms with Crippen LogP contribution in [0.25, 0.3) is 0 Å². The Hall–Kier alpha value is -3.27. The highest BCUT2D eigenvalue weighted by Crippen LogP contribution is 2.35. The van der Waals surface area contributed by atoms with Gasteiger partial charge in [0, 0.05) is 11.8 Å². The Morgan fingerprint density at radius 3 is 2.42 bits per heavy atom. The summed E-state index contributed by atoms with van der Waals surface area (Å²) in [6.07, 6.45) is 1.02. The van der Waals surface area contributed by atoms with Crippen LogP contribution in [0.5, 0.6) is 11.5 Å². The van der Waals surface area contributed by atoms with Crippen LogP contribution in [0.4, 0.5) is 11.4 Å². The molecule has 1 aliphatic heterocycles. The summed E-state index contributed by atoms with van der Waals surface area (Å²) in [6, 6.07) is 8.35. The first-order chi connectivity index (χ1) is 14.6. The van der Waals surface area contributed by atoms with Crippen LogP contribution in [0.1, 0.15) is 22.8 Å². The molecule has 0 spiro atoms. The minimum absolute atomic E-state index is 0.267. The van der Waals surface area contributed by atoms with Crippen LogP contribution >= 0.6 is 0 Å². The van der Waals surface area contributed by atoms with Gasteiger partial charge in [0.25, 0.3) is 0 Å². The van der Waals surface area contributed by atoms with E-state index < -0.39 is 27.9 Å². The topological polar surface area (TPSA) is 111 Å². The molecule has 1 aliphatic rings. The number of carbonyl (C=O) groups is 2. The molecule has 2 aromatic rings. The molecule has 166 valence electrons. The number of hydrogen-bond acceptors (Lipinski definition) is 7. The van der Waals surface area contributed by atoms with E-state index in [9.17, 15) is 18.0 Å². The normalized spacial score (nSPS) is 13.8. The number of benzene rings is 2. The molecule has 0 saturated carbocycles. The number of methoxy groups -OCH3 is 1. The third kappa shape index (κ3) is 4.91. The molecular formula is C21H24N2O7S. The van der Waals surface area contributed by atoms with E-state index in [1.807, 2.05) is 0 Å². The molecule has 0 radical (unpaired) electrons. The second kappa shape index (κ2) is 8.84. The summed E-state index contributed by atoms with van der Waals surface area (Å²) >= 11 is 0. The molecule has 0 bridgehead atoms. The first-order valence-corrected chi connectivity index (χ1v) is 11.4. The number of nitrogens with zero attached hydrogens (tertiary/aromatic N) is 1. The van der Waals surface area contributed by atoms with Crippen molar-refractivity contribution in [1.82, 2.24) is 0 Å². The maximum absolute atomic E-state index is 13.0. The zero-order valence-corrected chi connectivity index (χ0v) is 18.5. The predicted molar refractivity (Wildman–Crippen MR) is 115 cm³/mol. The number of fused-ring (bicyclic) bond motifs is 1. The molecule has 0 fully saturated rings. The molecule has 9 nitrogen and oxygen atoms in total. The van der Waals surface area contributed by atoms with Gasteiger partial charge in [-0.05, 0) is 43.7 Å². The van der Waals surface area contributed by atoms with Crippen molar-refractivity contribution in [2.24, 2.45) is 0 Å². The molecule has 0 unspecified atom stereocenters. The quantitative estimate of drug-likeness (QED) is 0.675. The Morgan fingerprint density at radius 2 is 1.77 bits per heavy atom. The van der Waals surface area contributed by atoms with Gasteiger partial charge in [0.15, 0.2) is 11.5 Å². The number of aryl methyl sites for hydroxylation is 1. The smallest absolute Gasteiger partial charge is 0.337 e. The van der Waals surface area contributed by atoms with Gasteiger partial charge >= 0.3 is 5.97 Å². The van der Waals surface area contributed by atoms with E-state index in [4.69, 9.17) is 14.2 Å². The van der Waals surface area contributed by atoms with Crippen molar-refractivity contribution in [3.8, 4) is 11.5 Å². The zero-order valence-electron chi connectivity index (χ0n) is 17.7. The molecule has 10 heteroatoms. The maximum atomic E-state index is 13.0. The minimum Gasteiger partial charge on any atom is -0.486 e. The van der Waals surface area contributed by atoms with E-state index in [0.29, 0.717) is 36.0 Å². The second-order valence-corrected chi connectivity index (χ2v) is 8.93. The molecule has 2 aromatic carbocycles. The van der Waals surface area contributed by atoms with Gasteiger partial charge in [0.05, 0.1) is 24.6 Å². The van der Waals surface area contributed by atoms with Crippen molar-refractivity contribution in [2.45, 2.75) is 19.9 Å². The summed E-state index contributed by atoms with van der Waals surface area (Å²) in [7, 11) is -2.55. The highest BCUT2D eigenvalue weighted by atomic mass is 32.2. The lowest BCUT2D eigenvalue weighted by atomic mass is 10.1. The second-order valence-electron chi connectivity index (χ2n) is 7.07. The summed E-state index contributed by atoms with van der Waals surface area (Å²) in [5, 5.41) is 2.71. The average Bonchev–Trinajstić information content (AvgIpc) is 2.73. The van der Waals surface area contributed by atoms with E-state index in [1.54, 1.807) is 31.2 Å². The number of carbonyl (C=O) groups excluding carboxylic acids is 2. The van der Waals surface area contributed by atoms with Crippen LogP contribution < -0.4 is 19.1 Å². The predicted octanol–water partition coefficient (Wildman–Crippen LogP) is 2.35. The molecule has 1 atom stereocenters. The standard InChI is InChI=1S/C21H24N2O7S/c1-13-5-6-15(21(25)28-3)11-17(13)22-20(24)14(2)23(31(4,26)27)16-7-8-18-19(12-16)30-10-9-29-18/h5-8,11-12,14H,9-10H2,1-4H3,(H,22,24)/t14-/m0/s1. The molecular weight excluding hydrogens is 424 g/mol. The monoisotopic (exact) mass is 448 g/mol. The highest BCUT2D eigenvalue weighted by molar-refractivity contribution is 7.92. The highest BCUT2D eigenvalue weighted by Gasteiger charge is 2.30. The van der Waals surface area contributed by atoms with Gasteiger partial charge in [0.1, 0.15) is 19.3 Å². The summed E-state index contributed by atoms with van der Waals surface area (Å²) in [5.74, 6) is -0.189. The van der Waals surface area contributed by atoms with Crippen molar-refractivity contribution in [3.63, 3.8) is 0 Å². The Kier molecular flexibility index (Phi) is 6.40. The van der Waals surface area contributed by atoms with Crippen molar-refractivity contribution in [1.29, 1.82) is 0 Å².